The summed E-state index contributed by atoms with van der Waals surface area (Å²) >= 11 is 0. The van der Waals surface area contributed by atoms with E-state index in [9.17, 15) is 4.79 Å². The van der Waals surface area contributed by atoms with Gasteiger partial charge in [0.2, 0.25) is 0 Å². The number of hydrogen-bond donors (Lipinski definition) is 0. The molecule has 82 valence electrons. The molecule has 1 aromatic rings. The van der Waals surface area contributed by atoms with Gasteiger partial charge in [-0.3, -0.25) is 0 Å². The van der Waals surface area contributed by atoms with Crippen molar-refractivity contribution in [2.24, 2.45) is 0 Å². The third kappa shape index (κ3) is 2.98. The van der Waals surface area contributed by atoms with E-state index in [1.807, 2.05) is 32.9 Å². The Balaban J connectivity index is 3.00. The number of carbonyl (C=O) groups excluding carboxylic acids is 1. The van der Waals surface area contributed by atoms with Crippen LogP contribution in [0.4, 0.5) is 0 Å². The average Bonchev–Trinajstić information content (AvgIpc) is 2.19. The van der Waals surface area contributed by atoms with E-state index in [1.54, 1.807) is 6.07 Å². The van der Waals surface area contributed by atoms with Crippen LogP contribution >= 0.6 is 0 Å². The Morgan fingerprint density at radius 2 is 2.00 bits per heavy atom. The smallest absolute Gasteiger partial charge is 0.338 e. The molecule has 0 aliphatic heterocycles. The van der Waals surface area contributed by atoms with Crippen molar-refractivity contribution in [2.45, 2.75) is 26.9 Å². The predicted octanol–water partition coefficient (Wildman–Crippen LogP) is 2.57. The zero-order chi connectivity index (χ0) is 11.4. The standard InChI is InChI=1S/C12H16O3/c1-8(2)15-10-6-5-9(3)11(7-10)12(13)14-4/h5-8H,1-4H3. The first-order valence-electron chi connectivity index (χ1n) is 4.90. The van der Waals surface area contributed by atoms with Crippen molar-refractivity contribution in [2.75, 3.05) is 7.11 Å². The van der Waals surface area contributed by atoms with Crippen LogP contribution in [0.15, 0.2) is 18.2 Å². The third-order valence-electron chi connectivity index (χ3n) is 1.99. The van der Waals surface area contributed by atoms with E-state index in [1.165, 1.54) is 7.11 Å². The molecule has 0 saturated carbocycles. The van der Waals surface area contributed by atoms with Gasteiger partial charge in [-0.2, -0.15) is 0 Å². The second kappa shape index (κ2) is 4.82. The zero-order valence-electron chi connectivity index (χ0n) is 9.53. The summed E-state index contributed by atoms with van der Waals surface area (Å²) in [5, 5.41) is 0. The van der Waals surface area contributed by atoms with Gasteiger partial charge in [0.15, 0.2) is 0 Å². The third-order valence-corrected chi connectivity index (χ3v) is 1.99. The Labute approximate surface area is 90.0 Å². The maximum atomic E-state index is 11.4. The molecule has 0 aromatic heterocycles. The molecule has 0 spiro atoms. The second-order valence-electron chi connectivity index (χ2n) is 3.63. The second-order valence-corrected chi connectivity index (χ2v) is 3.63. The Hall–Kier alpha value is -1.51. The molecule has 0 amide bonds. The highest BCUT2D eigenvalue weighted by atomic mass is 16.5. The van der Waals surface area contributed by atoms with Crippen molar-refractivity contribution in [3.63, 3.8) is 0 Å². The minimum Gasteiger partial charge on any atom is -0.491 e. The molecule has 0 aliphatic carbocycles. The number of hydrogen-bond acceptors (Lipinski definition) is 3. The zero-order valence-corrected chi connectivity index (χ0v) is 9.53. The van der Waals surface area contributed by atoms with E-state index < -0.39 is 0 Å². The first-order chi connectivity index (χ1) is 7.04. The van der Waals surface area contributed by atoms with Crippen LogP contribution in [0.1, 0.15) is 29.8 Å². The van der Waals surface area contributed by atoms with Crippen molar-refractivity contribution in [1.29, 1.82) is 0 Å². The average molecular weight is 208 g/mol. The molecule has 0 unspecified atom stereocenters. The van der Waals surface area contributed by atoms with Crippen LogP contribution in [0.25, 0.3) is 0 Å². The van der Waals surface area contributed by atoms with Gasteiger partial charge < -0.3 is 9.47 Å². The SMILES string of the molecule is COC(=O)c1cc(OC(C)C)ccc1C. The lowest BCUT2D eigenvalue weighted by Crippen LogP contribution is -2.08. The van der Waals surface area contributed by atoms with Crippen LogP contribution in [-0.2, 0) is 4.74 Å². The van der Waals surface area contributed by atoms with Gasteiger partial charge in [-0.25, -0.2) is 4.79 Å². The molecular weight excluding hydrogens is 192 g/mol. The van der Waals surface area contributed by atoms with E-state index >= 15 is 0 Å². The Morgan fingerprint density at radius 3 is 2.53 bits per heavy atom. The highest BCUT2D eigenvalue weighted by molar-refractivity contribution is 5.91. The molecule has 0 N–H and O–H groups in total. The Morgan fingerprint density at radius 1 is 1.33 bits per heavy atom. The van der Waals surface area contributed by atoms with Gasteiger partial charge in [0.05, 0.1) is 18.8 Å². The Bertz CT molecular complexity index is 356. The summed E-state index contributed by atoms with van der Waals surface area (Å²) < 4.78 is 10.2. The number of aryl methyl sites for hydroxylation is 1. The molecular formula is C12H16O3. The van der Waals surface area contributed by atoms with Crippen LogP contribution in [0.5, 0.6) is 5.75 Å². The number of ether oxygens (including phenoxy) is 2. The molecule has 0 bridgehead atoms. The van der Waals surface area contributed by atoms with Crippen LogP contribution in [0, 0.1) is 6.92 Å². The summed E-state index contributed by atoms with van der Waals surface area (Å²) in [5.74, 6) is 0.359. The Kier molecular flexibility index (Phi) is 3.72. The molecule has 0 atom stereocenters. The number of benzene rings is 1. The number of methoxy groups -OCH3 is 1. The molecule has 1 aromatic carbocycles. The van der Waals surface area contributed by atoms with E-state index in [0.717, 1.165) is 5.56 Å². The summed E-state index contributed by atoms with van der Waals surface area (Å²) in [4.78, 5) is 11.4. The predicted molar refractivity (Wildman–Crippen MR) is 58.3 cm³/mol. The molecule has 0 saturated heterocycles. The van der Waals surface area contributed by atoms with Crippen LogP contribution in [0.2, 0.25) is 0 Å². The molecule has 3 nitrogen and oxygen atoms in total. The number of esters is 1. The summed E-state index contributed by atoms with van der Waals surface area (Å²) in [6.07, 6.45) is 0.0956. The van der Waals surface area contributed by atoms with Gasteiger partial charge in [-0.15, -0.1) is 0 Å². The highest BCUT2D eigenvalue weighted by Crippen LogP contribution is 2.19. The molecule has 15 heavy (non-hydrogen) atoms. The lowest BCUT2D eigenvalue weighted by atomic mass is 10.1. The molecule has 1 rings (SSSR count). The number of rotatable bonds is 3. The minimum absolute atomic E-state index is 0.0956. The van der Waals surface area contributed by atoms with E-state index in [-0.39, 0.29) is 12.1 Å². The van der Waals surface area contributed by atoms with Crippen molar-refractivity contribution in [3.05, 3.63) is 29.3 Å². The largest absolute Gasteiger partial charge is 0.491 e. The van der Waals surface area contributed by atoms with Crippen molar-refractivity contribution >= 4 is 5.97 Å². The van der Waals surface area contributed by atoms with Crippen LogP contribution in [-0.4, -0.2) is 19.2 Å². The van der Waals surface area contributed by atoms with Crippen molar-refractivity contribution in [3.8, 4) is 5.75 Å². The fraction of sp³-hybridized carbons (Fsp3) is 0.417. The summed E-state index contributed by atoms with van der Waals surface area (Å²) in [6, 6.07) is 5.41. The van der Waals surface area contributed by atoms with Gasteiger partial charge in [0, 0.05) is 0 Å². The van der Waals surface area contributed by atoms with Gasteiger partial charge >= 0.3 is 5.97 Å². The first kappa shape index (κ1) is 11.6. The lowest BCUT2D eigenvalue weighted by Gasteiger charge is -2.11. The van der Waals surface area contributed by atoms with Crippen LogP contribution in [0.3, 0.4) is 0 Å². The number of carbonyl (C=O) groups is 1. The summed E-state index contributed by atoms with van der Waals surface area (Å²) in [5.41, 5.74) is 1.44. The highest BCUT2D eigenvalue weighted by Gasteiger charge is 2.10. The van der Waals surface area contributed by atoms with Gasteiger partial charge in [-0.1, -0.05) is 6.07 Å². The fourth-order valence-corrected chi connectivity index (χ4v) is 1.28. The van der Waals surface area contributed by atoms with Crippen molar-refractivity contribution < 1.29 is 14.3 Å². The van der Waals surface area contributed by atoms with Crippen LogP contribution < -0.4 is 4.74 Å². The monoisotopic (exact) mass is 208 g/mol. The first-order valence-corrected chi connectivity index (χ1v) is 4.90. The fourth-order valence-electron chi connectivity index (χ4n) is 1.28. The normalized spacial score (nSPS) is 10.2. The molecule has 3 heteroatoms. The van der Waals surface area contributed by atoms with Gasteiger partial charge in [0.1, 0.15) is 5.75 Å². The molecule has 0 heterocycles. The lowest BCUT2D eigenvalue weighted by molar-refractivity contribution is 0.0599. The van der Waals surface area contributed by atoms with E-state index in [4.69, 9.17) is 4.74 Å². The van der Waals surface area contributed by atoms with Crippen molar-refractivity contribution in [1.82, 2.24) is 0 Å². The van der Waals surface area contributed by atoms with Gasteiger partial charge in [0.25, 0.3) is 0 Å². The maximum absolute atomic E-state index is 11.4. The summed E-state index contributed by atoms with van der Waals surface area (Å²) in [6.45, 7) is 5.75. The molecule has 0 aliphatic rings. The van der Waals surface area contributed by atoms with Gasteiger partial charge in [-0.05, 0) is 38.5 Å². The molecule has 0 radical (unpaired) electrons. The van der Waals surface area contributed by atoms with E-state index in [0.29, 0.717) is 11.3 Å². The molecule has 0 fully saturated rings. The summed E-state index contributed by atoms with van der Waals surface area (Å²) in [7, 11) is 1.37. The van der Waals surface area contributed by atoms with E-state index in [2.05, 4.69) is 4.74 Å². The quantitative estimate of drug-likeness (QED) is 0.716. The maximum Gasteiger partial charge on any atom is 0.338 e. The topological polar surface area (TPSA) is 35.5 Å². The minimum atomic E-state index is -0.332.